The van der Waals surface area contributed by atoms with E-state index in [0.717, 1.165) is 17.7 Å². The molecule has 1 unspecified atom stereocenters. The summed E-state index contributed by atoms with van der Waals surface area (Å²) < 4.78 is 55.6. The Balaban J connectivity index is 1.59. The lowest BCUT2D eigenvalue weighted by Crippen LogP contribution is -2.51. The molecule has 2 aromatic rings. The number of ether oxygens (including phenoxy) is 3. The summed E-state index contributed by atoms with van der Waals surface area (Å²) in [5.41, 5.74) is 0.0777. The van der Waals surface area contributed by atoms with Gasteiger partial charge in [-0.2, -0.15) is 13.2 Å². The van der Waals surface area contributed by atoms with Gasteiger partial charge in [0.05, 0.1) is 36.5 Å². The van der Waals surface area contributed by atoms with E-state index in [0.29, 0.717) is 36.9 Å². The molecule has 3 rings (SSSR count). The monoisotopic (exact) mass is 462 g/mol. The minimum absolute atomic E-state index is 0.0812. The number of aliphatic carboxylic acids is 1. The van der Waals surface area contributed by atoms with Crippen molar-refractivity contribution in [3.8, 4) is 23.3 Å². The zero-order valence-electron chi connectivity index (χ0n) is 18.4. The summed E-state index contributed by atoms with van der Waals surface area (Å²) >= 11 is 0. The van der Waals surface area contributed by atoms with Gasteiger partial charge in [0.2, 0.25) is 0 Å². The van der Waals surface area contributed by atoms with E-state index >= 15 is 0 Å². The first-order valence-electron chi connectivity index (χ1n) is 10.4. The Kier molecular flexibility index (Phi) is 7.54. The Morgan fingerprint density at radius 3 is 2.33 bits per heavy atom. The summed E-state index contributed by atoms with van der Waals surface area (Å²) in [5.74, 6) is 5.35. The van der Waals surface area contributed by atoms with Gasteiger partial charge < -0.3 is 19.3 Å². The molecular weight excluding hydrogens is 437 g/mol. The summed E-state index contributed by atoms with van der Waals surface area (Å²) in [7, 11) is 0. The van der Waals surface area contributed by atoms with Gasteiger partial charge in [0.15, 0.2) is 0 Å². The Bertz CT molecular complexity index is 1030. The maximum atomic E-state index is 12.9. The van der Waals surface area contributed by atoms with Crippen LogP contribution in [0.3, 0.4) is 0 Å². The number of benzene rings is 2. The molecule has 5 nitrogen and oxygen atoms in total. The molecule has 0 radical (unpaired) electrons. The number of halogens is 3. The summed E-state index contributed by atoms with van der Waals surface area (Å²) in [5, 5.41) is 9.07. The first kappa shape index (κ1) is 24.5. The average molecular weight is 462 g/mol. The van der Waals surface area contributed by atoms with Crippen LogP contribution in [0.4, 0.5) is 13.2 Å². The van der Waals surface area contributed by atoms with Gasteiger partial charge in [0.1, 0.15) is 24.7 Å². The highest BCUT2D eigenvalue weighted by molar-refractivity contribution is 5.69. The molecule has 1 saturated heterocycles. The summed E-state index contributed by atoms with van der Waals surface area (Å²) in [4.78, 5) is 11.1. The number of hydrogen-bond donors (Lipinski definition) is 1. The number of carboxylic acids is 1. The lowest BCUT2D eigenvalue weighted by atomic mass is 9.88. The van der Waals surface area contributed by atoms with Gasteiger partial charge in [-0.25, -0.2) is 0 Å². The van der Waals surface area contributed by atoms with Crippen LogP contribution in [0.5, 0.6) is 11.5 Å². The second-order valence-electron chi connectivity index (χ2n) is 8.16. The fraction of sp³-hybridized carbons (Fsp3) is 0.400. The topological polar surface area (TPSA) is 65.0 Å². The standard InChI is InChI=1S/C25H25F3O5/c1-3-4-19(12-23(29)30)18-5-8-21(9-6-18)32-15-24(13-31-14-24)16-33-22-10-7-20(11-17(22)2)25(26,27)28/h5-11,19H,12-16H2,1-2H3,(H,29,30). The molecule has 1 aliphatic heterocycles. The minimum atomic E-state index is -4.40. The Labute approximate surface area is 190 Å². The summed E-state index contributed by atoms with van der Waals surface area (Å²) in [6.07, 6.45) is -4.48. The molecule has 0 saturated carbocycles. The molecular formula is C25H25F3O5. The van der Waals surface area contributed by atoms with E-state index in [1.807, 2.05) is 0 Å². The van der Waals surface area contributed by atoms with Gasteiger partial charge >= 0.3 is 12.1 Å². The molecule has 1 heterocycles. The van der Waals surface area contributed by atoms with Gasteiger partial charge in [0.25, 0.3) is 0 Å². The van der Waals surface area contributed by atoms with Crippen LogP contribution in [0, 0.1) is 24.2 Å². The van der Waals surface area contributed by atoms with Crippen LogP contribution < -0.4 is 9.47 Å². The highest BCUT2D eigenvalue weighted by atomic mass is 19.4. The predicted octanol–water partition coefficient (Wildman–Crippen LogP) is 5.07. The second kappa shape index (κ2) is 10.2. The number of carboxylic acid groups (broad SMARTS) is 1. The first-order valence-corrected chi connectivity index (χ1v) is 10.4. The van der Waals surface area contributed by atoms with Crippen LogP contribution in [-0.4, -0.2) is 37.5 Å². The third kappa shape index (κ3) is 6.42. The fourth-order valence-corrected chi connectivity index (χ4v) is 3.45. The zero-order chi connectivity index (χ0) is 24.1. The number of aryl methyl sites for hydroxylation is 1. The fourth-order valence-electron chi connectivity index (χ4n) is 3.45. The van der Waals surface area contributed by atoms with Crippen molar-refractivity contribution in [2.75, 3.05) is 26.4 Å². The van der Waals surface area contributed by atoms with Crippen molar-refractivity contribution in [1.29, 1.82) is 0 Å². The highest BCUT2D eigenvalue weighted by Gasteiger charge is 2.41. The minimum Gasteiger partial charge on any atom is -0.493 e. The quantitative estimate of drug-likeness (QED) is 0.527. The molecule has 1 atom stereocenters. The maximum absolute atomic E-state index is 12.9. The molecule has 0 spiro atoms. The van der Waals surface area contributed by atoms with Gasteiger partial charge in [-0.3, -0.25) is 4.79 Å². The van der Waals surface area contributed by atoms with Crippen LogP contribution in [-0.2, 0) is 15.7 Å². The molecule has 33 heavy (non-hydrogen) atoms. The van der Waals surface area contributed by atoms with E-state index in [9.17, 15) is 18.0 Å². The van der Waals surface area contributed by atoms with Crippen molar-refractivity contribution in [3.05, 3.63) is 59.2 Å². The van der Waals surface area contributed by atoms with E-state index in [4.69, 9.17) is 19.3 Å². The molecule has 2 aromatic carbocycles. The maximum Gasteiger partial charge on any atom is 0.416 e. The molecule has 1 aliphatic rings. The summed E-state index contributed by atoms with van der Waals surface area (Å²) in [6, 6.07) is 10.5. The van der Waals surface area contributed by atoms with Gasteiger partial charge in [0, 0.05) is 0 Å². The third-order valence-corrected chi connectivity index (χ3v) is 5.38. The largest absolute Gasteiger partial charge is 0.493 e. The summed E-state index contributed by atoms with van der Waals surface area (Å²) in [6.45, 7) is 4.62. The number of alkyl halides is 3. The van der Waals surface area contributed by atoms with Crippen molar-refractivity contribution >= 4 is 5.97 Å². The molecule has 0 aromatic heterocycles. The van der Waals surface area contributed by atoms with Crippen LogP contribution in [0.25, 0.3) is 0 Å². The first-order chi connectivity index (χ1) is 15.6. The zero-order valence-corrected chi connectivity index (χ0v) is 18.4. The van der Waals surface area contributed by atoms with E-state index < -0.39 is 29.0 Å². The van der Waals surface area contributed by atoms with E-state index in [1.54, 1.807) is 38.1 Å². The lowest BCUT2D eigenvalue weighted by Gasteiger charge is -2.40. The Morgan fingerprint density at radius 2 is 1.82 bits per heavy atom. The van der Waals surface area contributed by atoms with Crippen molar-refractivity contribution in [1.82, 2.24) is 0 Å². The van der Waals surface area contributed by atoms with Crippen LogP contribution >= 0.6 is 0 Å². The van der Waals surface area contributed by atoms with Gasteiger partial charge in [-0.15, -0.1) is 5.92 Å². The van der Waals surface area contributed by atoms with E-state index in [-0.39, 0.29) is 13.0 Å². The van der Waals surface area contributed by atoms with E-state index in [2.05, 4.69) is 11.8 Å². The Hall–Kier alpha value is -3.18. The molecule has 1 N–H and O–H groups in total. The Morgan fingerprint density at radius 1 is 1.15 bits per heavy atom. The van der Waals surface area contributed by atoms with Crippen molar-refractivity contribution in [2.45, 2.75) is 32.4 Å². The molecule has 0 aliphatic carbocycles. The van der Waals surface area contributed by atoms with Crippen LogP contribution in [0.2, 0.25) is 0 Å². The van der Waals surface area contributed by atoms with Crippen molar-refractivity contribution in [2.24, 2.45) is 5.41 Å². The highest BCUT2D eigenvalue weighted by Crippen LogP contribution is 2.34. The van der Waals surface area contributed by atoms with Crippen LogP contribution in [0.1, 0.15) is 36.0 Å². The van der Waals surface area contributed by atoms with Gasteiger partial charge in [-0.05, 0) is 55.3 Å². The molecule has 0 bridgehead atoms. The normalized spacial score (nSPS) is 15.5. The molecule has 8 heteroatoms. The molecule has 1 fully saturated rings. The SMILES string of the molecule is CC#CC(CC(=O)O)c1ccc(OCC2(COc3ccc(C(F)(F)F)cc3C)COC2)cc1. The lowest BCUT2D eigenvalue weighted by molar-refractivity contribution is -0.149. The molecule has 0 amide bonds. The van der Waals surface area contributed by atoms with Crippen LogP contribution in [0.15, 0.2) is 42.5 Å². The number of carbonyl (C=O) groups is 1. The second-order valence-corrected chi connectivity index (χ2v) is 8.16. The van der Waals surface area contributed by atoms with Gasteiger partial charge in [-0.1, -0.05) is 18.1 Å². The molecule has 176 valence electrons. The van der Waals surface area contributed by atoms with Crippen molar-refractivity contribution in [3.63, 3.8) is 0 Å². The van der Waals surface area contributed by atoms with Crippen molar-refractivity contribution < 1.29 is 37.3 Å². The predicted molar refractivity (Wildman–Crippen MR) is 115 cm³/mol. The number of hydrogen-bond acceptors (Lipinski definition) is 4. The number of rotatable bonds is 9. The smallest absolute Gasteiger partial charge is 0.416 e. The van der Waals surface area contributed by atoms with E-state index in [1.165, 1.54) is 6.07 Å². The third-order valence-electron chi connectivity index (χ3n) is 5.38. The average Bonchev–Trinajstić information content (AvgIpc) is 2.72.